The molecule has 1 heterocycles. The van der Waals surface area contributed by atoms with Crippen LogP contribution in [0, 0.1) is 12.3 Å². The highest BCUT2D eigenvalue weighted by Gasteiger charge is 2.21. The maximum Gasteiger partial charge on any atom is 0.138 e. The fourth-order valence-electron chi connectivity index (χ4n) is 1.08. The molecular weight excluding hydrogens is 180 g/mol. The minimum atomic E-state index is -0.273. The lowest BCUT2D eigenvalue weighted by molar-refractivity contribution is -0.126. The Morgan fingerprint density at radius 1 is 1.36 bits per heavy atom. The van der Waals surface area contributed by atoms with Crippen molar-refractivity contribution in [2.45, 2.75) is 40.5 Å². The van der Waals surface area contributed by atoms with Crippen molar-refractivity contribution in [2.24, 2.45) is 5.41 Å². The number of Topliss-reactive ketones (excluding diaryl/α,β-unsaturated/α-hetero) is 1. The third-order valence-electron chi connectivity index (χ3n) is 2.17. The molecule has 0 saturated carbocycles. The Balaban J connectivity index is 2.50. The van der Waals surface area contributed by atoms with Gasteiger partial charge in [-0.1, -0.05) is 31.1 Å². The molecule has 0 fully saturated rings. The summed E-state index contributed by atoms with van der Waals surface area (Å²) in [5.74, 6) is 0.236. The first kappa shape index (κ1) is 10.9. The summed E-state index contributed by atoms with van der Waals surface area (Å²) in [4.78, 5) is 11.6. The topological polar surface area (TPSA) is 56.0 Å². The van der Waals surface area contributed by atoms with Gasteiger partial charge in [0.1, 0.15) is 17.2 Å². The monoisotopic (exact) mass is 196 g/mol. The van der Waals surface area contributed by atoms with E-state index in [-0.39, 0.29) is 11.2 Å². The van der Waals surface area contributed by atoms with Crippen molar-refractivity contribution in [3.05, 3.63) is 11.4 Å². The van der Waals surface area contributed by atoms with Crippen molar-refractivity contribution in [3.8, 4) is 0 Å². The molecule has 0 saturated heterocycles. The lowest BCUT2D eigenvalue weighted by Crippen LogP contribution is -2.20. The second kappa shape index (κ2) is 3.90. The first-order valence-electron chi connectivity index (χ1n) is 4.72. The maximum absolute atomic E-state index is 11.6. The molecule has 0 aromatic carbocycles. The number of carbonyl (C=O) groups is 1. The second-order valence-electron chi connectivity index (χ2n) is 4.47. The standard InChI is InChI=1S/C10H16N2O2/c1-7-8(12-14-11-7)5-6-9(13)10(2,3)4/h5-6H2,1-4H3. The van der Waals surface area contributed by atoms with E-state index >= 15 is 0 Å². The van der Waals surface area contributed by atoms with Crippen molar-refractivity contribution >= 4 is 5.78 Å². The molecule has 0 unspecified atom stereocenters. The molecule has 0 aliphatic rings. The number of aryl methyl sites for hydroxylation is 2. The number of aromatic nitrogens is 2. The minimum Gasteiger partial charge on any atom is -0.299 e. The van der Waals surface area contributed by atoms with E-state index in [1.165, 1.54) is 0 Å². The Kier molecular flexibility index (Phi) is 3.03. The van der Waals surface area contributed by atoms with Crippen LogP contribution < -0.4 is 0 Å². The molecule has 1 aromatic rings. The van der Waals surface area contributed by atoms with Gasteiger partial charge in [0.25, 0.3) is 0 Å². The highest BCUT2D eigenvalue weighted by Crippen LogP contribution is 2.18. The number of nitrogens with zero attached hydrogens (tertiary/aromatic N) is 2. The lowest BCUT2D eigenvalue weighted by Gasteiger charge is -2.15. The normalized spacial score (nSPS) is 11.7. The number of hydrogen-bond acceptors (Lipinski definition) is 4. The Hall–Kier alpha value is -1.19. The van der Waals surface area contributed by atoms with Gasteiger partial charge in [0.05, 0.1) is 0 Å². The molecule has 0 aliphatic carbocycles. The third kappa shape index (κ3) is 2.65. The average Bonchev–Trinajstić information content (AvgIpc) is 2.45. The van der Waals surface area contributed by atoms with Gasteiger partial charge >= 0.3 is 0 Å². The van der Waals surface area contributed by atoms with Crippen LogP contribution in [-0.4, -0.2) is 16.1 Å². The van der Waals surface area contributed by atoms with Gasteiger partial charge < -0.3 is 0 Å². The summed E-state index contributed by atoms with van der Waals surface area (Å²) in [5.41, 5.74) is 1.28. The zero-order valence-corrected chi connectivity index (χ0v) is 9.13. The zero-order valence-electron chi connectivity index (χ0n) is 9.13. The average molecular weight is 196 g/mol. The zero-order chi connectivity index (χ0) is 10.8. The minimum absolute atomic E-state index is 0.236. The van der Waals surface area contributed by atoms with E-state index in [1.807, 2.05) is 27.7 Å². The van der Waals surface area contributed by atoms with Crippen molar-refractivity contribution in [3.63, 3.8) is 0 Å². The summed E-state index contributed by atoms with van der Waals surface area (Å²) >= 11 is 0. The SMILES string of the molecule is Cc1nonc1CCC(=O)C(C)(C)C. The Morgan fingerprint density at radius 2 is 2.00 bits per heavy atom. The summed E-state index contributed by atoms with van der Waals surface area (Å²) < 4.78 is 4.55. The fraction of sp³-hybridized carbons (Fsp3) is 0.700. The third-order valence-corrected chi connectivity index (χ3v) is 2.17. The molecular formula is C10H16N2O2. The van der Waals surface area contributed by atoms with Gasteiger partial charge in [-0.2, -0.15) is 0 Å². The second-order valence-corrected chi connectivity index (χ2v) is 4.47. The van der Waals surface area contributed by atoms with Gasteiger partial charge in [0.2, 0.25) is 0 Å². The first-order chi connectivity index (χ1) is 6.41. The number of carbonyl (C=O) groups excluding carboxylic acids is 1. The maximum atomic E-state index is 11.6. The van der Waals surface area contributed by atoms with E-state index < -0.39 is 0 Å². The van der Waals surface area contributed by atoms with Crippen LogP contribution in [0.3, 0.4) is 0 Å². The van der Waals surface area contributed by atoms with Crippen LogP contribution in [0.4, 0.5) is 0 Å². The van der Waals surface area contributed by atoms with Crippen LogP contribution in [-0.2, 0) is 11.2 Å². The van der Waals surface area contributed by atoms with E-state index in [4.69, 9.17) is 0 Å². The van der Waals surface area contributed by atoms with E-state index in [1.54, 1.807) is 0 Å². The summed E-state index contributed by atoms with van der Waals surface area (Å²) in [6.45, 7) is 7.59. The molecule has 4 nitrogen and oxygen atoms in total. The van der Waals surface area contributed by atoms with Crippen molar-refractivity contribution < 1.29 is 9.42 Å². The predicted octanol–water partition coefficient (Wildman–Crippen LogP) is 1.93. The molecule has 0 spiro atoms. The van der Waals surface area contributed by atoms with Crippen molar-refractivity contribution in [1.29, 1.82) is 0 Å². The van der Waals surface area contributed by atoms with E-state index in [0.29, 0.717) is 12.8 Å². The largest absolute Gasteiger partial charge is 0.299 e. The van der Waals surface area contributed by atoms with Crippen LogP contribution >= 0.6 is 0 Å². The molecule has 78 valence electrons. The Labute approximate surface area is 83.6 Å². The molecule has 0 amide bonds. The van der Waals surface area contributed by atoms with Gasteiger partial charge in [-0.3, -0.25) is 4.79 Å². The molecule has 14 heavy (non-hydrogen) atoms. The first-order valence-corrected chi connectivity index (χ1v) is 4.72. The Bertz CT molecular complexity index is 323. The summed E-state index contributed by atoms with van der Waals surface area (Å²) in [6, 6.07) is 0. The molecule has 0 bridgehead atoms. The number of ketones is 1. The fourth-order valence-corrected chi connectivity index (χ4v) is 1.08. The van der Waals surface area contributed by atoms with Crippen LogP contribution in [0.2, 0.25) is 0 Å². The molecule has 1 aromatic heterocycles. The molecule has 0 N–H and O–H groups in total. The van der Waals surface area contributed by atoms with Crippen LogP contribution in [0.15, 0.2) is 4.63 Å². The van der Waals surface area contributed by atoms with Gasteiger partial charge in [-0.05, 0) is 6.92 Å². The molecule has 0 atom stereocenters. The molecule has 4 heteroatoms. The van der Waals surface area contributed by atoms with E-state index in [2.05, 4.69) is 14.9 Å². The lowest BCUT2D eigenvalue weighted by atomic mass is 9.88. The Morgan fingerprint density at radius 3 is 2.43 bits per heavy atom. The van der Waals surface area contributed by atoms with Crippen LogP contribution in [0.25, 0.3) is 0 Å². The molecule has 0 aliphatic heterocycles. The number of rotatable bonds is 3. The summed E-state index contributed by atoms with van der Waals surface area (Å²) in [5, 5.41) is 7.39. The van der Waals surface area contributed by atoms with Crippen molar-refractivity contribution in [2.75, 3.05) is 0 Å². The van der Waals surface area contributed by atoms with Gasteiger partial charge in [-0.25, -0.2) is 4.63 Å². The predicted molar refractivity (Wildman–Crippen MR) is 51.8 cm³/mol. The van der Waals surface area contributed by atoms with E-state index in [9.17, 15) is 4.79 Å². The van der Waals surface area contributed by atoms with Gasteiger partial charge in [0, 0.05) is 18.3 Å². The quantitative estimate of drug-likeness (QED) is 0.741. The van der Waals surface area contributed by atoms with Crippen molar-refractivity contribution in [1.82, 2.24) is 10.3 Å². The van der Waals surface area contributed by atoms with Gasteiger partial charge in [0.15, 0.2) is 0 Å². The number of hydrogen-bond donors (Lipinski definition) is 0. The van der Waals surface area contributed by atoms with Crippen LogP contribution in [0.1, 0.15) is 38.6 Å². The molecule has 1 rings (SSSR count). The molecule has 0 radical (unpaired) electrons. The summed E-state index contributed by atoms with van der Waals surface area (Å²) in [6.07, 6.45) is 1.12. The van der Waals surface area contributed by atoms with Gasteiger partial charge in [-0.15, -0.1) is 0 Å². The smallest absolute Gasteiger partial charge is 0.138 e. The highest BCUT2D eigenvalue weighted by molar-refractivity contribution is 5.83. The highest BCUT2D eigenvalue weighted by atomic mass is 16.6. The van der Waals surface area contributed by atoms with E-state index in [0.717, 1.165) is 11.4 Å². The van der Waals surface area contributed by atoms with Crippen LogP contribution in [0.5, 0.6) is 0 Å². The summed E-state index contributed by atoms with van der Waals surface area (Å²) in [7, 11) is 0.